The lowest BCUT2D eigenvalue weighted by molar-refractivity contribution is -0.306. The number of hydrogen-bond acceptors (Lipinski definition) is 3. The molecule has 1 amide bonds. The molecule has 3 aliphatic rings. The molecule has 2 aliphatic carbocycles. The Kier molecular flexibility index (Phi) is 4.30. The Hall–Kier alpha value is -2.02. The lowest BCUT2D eigenvalue weighted by Crippen LogP contribution is -2.28. The van der Waals surface area contributed by atoms with Crippen molar-refractivity contribution < 1.29 is 27.4 Å². The first-order valence-corrected chi connectivity index (χ1v) is 7.40. The summed E-state index contributed by atoms with van der Waals surface area (Å²) in [5.74, 6) is -0.245. The minimum atomic E-state index is -4.66. The highest BCUT2D eigenvalue weighted by atomic mass is 19.4. The Bertz CT molecular complexity index is 629. The van der Waals surface area contributed by atoms with Gasteiger partial charge >= 0.3 is 6.36 Å². The Balaban J connectivity index is 1.77. The van der Waals surface area contributed by atoms with Crippen molar-refractivity contribution in [3.05, 3.63) is 46.8 Å². The molecule has 1 N–H and O–H groups in total. The third kappa shape index (κ3) is 3.85. The molecule has 7 heteroatoms. The fourth-order valence-electron chi connectivity index (χ4n) is 2.83. The minimum absolute atomic E-state index is 0.0984. The van der Waals surface area contributed by atoms with Gasteiger partial charge in [-0.25, -0.2) is 0 Å². The lowest BCUT2D eigenvalue weighted by atomic mass is 9.88. The van der Waals surface area contributed by atoms with Crippen LogP contribution in [-0.4, -0.2) is 31.5 Å². The number of rotatable bonds is 2. The van der Waals surface area contributed by atoms with Crippen LogP contribution in [0.25, 0.3) is 0 Å². The van der Waals surface area contributed by atoms with Gasteiger partial charge in [0.05, 0.1) is 12.7 Å². The van der Waals surface area contributed by atoms with E-state index in [0.717, 1.165) is 11.1 Å². The number of allylic oxidation sites excluding steroid dienone is 6. The minimum Gasteiger partial charge on any atom is -0.410 e. The molecule has 1 aliphatic heterocycles. The van der Waals surface area contributed by atoms with E-state index < -0.39 is 6.36 Å². The normalized spacial score (nSPS) is 25.2. The van der Waals surface area contributed by atoms with E-state index in [1.165, 1.54) is 6.08 Å². The van der Waals surface area contributed by atoms with Crippen LogP contribution in [0.15, 0.2) is 46.8 Å². The van der Waals surface area contributed by atoms with Gasteiger partial charge in [-0.1, -0.05) is 12.2 Å². The van der Waals surface area contributed by atoms with E-state index in [2.05, 4.69) is 10.1 Å². The van der Waals surface area contributed by atoms with Crippen LogP contribution >= 0.6 is 0 Å². The highest BCUT2D eigenvalue weighted by molar-refractivity contribution is 5.95. The van der Waals surface area contributed by atoms with Gasteiger partial charge < -0.3 is 14.8 Å². The van der Waals surface area contributed by atoms with Crippen molar-refractivity contribution >= 4 is 5.91 Å². The summed E-state index contributed by atoms with van der Waals surface area (Å²) in [6.07, 6.45) is 2.97. The molecule has 0 aromatic rings. The van der Waals surface area contributed by atoms with E-state index in [9.17, 15) is 18.0 Å². The molecular weight excluding hydrogens is 311 g/mol. The molecule has 0 radical (unpaired) electrons. The zero-order valence-corrected chi connectivity index (χ0v) is 12.3. The molecule has 0 aromatic carbocycles. The topological polar surface area (TPSA) is 47.6 Å². The summed E-state index contributed by atoms with van der Waals surface area (Å²) >= 11 is 0. The third-order valence-electron chi connectivity index (χ3n) is 3.91. The summed E-state index contributed by atoms with van der Waals surface area (Å²) in [6, 6.07) is 0. The number of amides is 1. The molecule has 23 heavy (non-hydrogen) atoms. The standard InChI is InChI=1S/C16H16F3NO3/c17-16(18,19)23-12-4-1-10(2-5-12)11-3-6-14-13(9-11)15(21)20-7-8-22-14/h1,3-4,9,14H,2,5-8H2,(H,20,21). The first kappa shape index (κ1) is 15.9. The van der Waals surface area contributed by atoms with Gasteiger partial charge in [0.1, 0.15) is 5.76 Å². The maximum atomic E-state index is 12.2. The average molecular weight is 327 g/mol. The van der Waals surface area contributed by atoms with Crippen LogP contribution in [0.1, 0.15) is 19.3 Å². The number of nitrogens with one attached hydrogen (secondary N) is 1. The van der Waals surface area contributed by atoms with Gasteiger partial charge in [0.25, 0.3) is 0 Å². The zero-order chi connectivity index (χ0) is 16.4. The first-order chi connectivity index (χ1) is 10.9. The zero-order valence-electron chi connectivity index (χ0n) is 12.3. The van der Waals surface area contributed by atoms with Crippen molar-refractivity contribution in [2.75, 3.05) is 13.2 Å². The second-order valence-electron chi connectivity index (χ2n) is 5.48. The van der Waals surface area contributed by atoms with Crippen molar-refractivity contribution in [3.8, 4) is 0 Å². The molecule has 0 bridgehead atoms. The molecule has 4 nitrogen and oxygen atoms in total. The average Bonchev–Trinajstić information content (AvgIpc) is 2.68. The number of alkyl halides is 3. The van der Waals surface area contributed by atoms with Crippen LogP contribution in [0.2, 0.25) is 0 Å². The Morgan fingerprint density at radius 2 is 2.09 bits per heavy atom. The van der Waals surface area contributed by atoms with Crippen molar-refractivity contribution in [3.63, 3.8) is 0 Å². The molecule has 0 aromatic heterocycles. The molecule has 1 unspecified atom stereocenters. The number of carbonyl (C=O) groups excluding carboxylic acids is 1. The number of halogens is 3. The molecule has 0 saturated carbocycles. The third-order valence-corrected chi connectivity index (χ3v) is 3.91. The Labute approximate surface area is 131 Å². The molecule has 1 heterocycles. The summed E-state index contributed by atoms with van der Waals surface area (Å²) in [7, 11) is 0. The summed E-state index contributed by atoms with van der Waals surface area (Å²) in [5, 5.41) is 2.76. The van der Waals surface area contributed by atoms with Crippen LogP contribution in [-0.2, 0) is 14.3 Å². The number of carbonyl (C=O) groups is 1. The highest BCUT2D eigenvalue weighted by Crippen LogP contribution is 2.33. The largest absolute Gasteiger partial charge is 0.572 e. The smallest absolute Gasteiger partial charge is 0.410 e. The Morgan fingerprint density at radius 3 is 2.78 bits per heavy atom. The summed E-state index contributed by atoms with van der Waals surface area (Å²) in [4.78, 5) is 12.0. The van der Waals surface area contributed by atoms with E-state index >= 15 is 0 Å². The van der Waals surface area contributed by atoms with Crippen molar-refractivity contribution in [2.45, 2.75) is 31.7 Å². The van der Waals surface area contributed by atoms with E-state index in [1.54, 1.807) is 12.2 Å². The van der Waals surface area contributed by atoms with Gasteiger partial charge in [-0.3, -0.25) is 4.79 Å². The van der Waals surface area contributed by atoms with Gasteiger partial charge in [-0.2, -0.15) is 0 Å². The van der Waals surface area contributed by atoms with Gasteiger partial charge in [-0.15, -0.1) is 13.2 Å². The van der Waals surface area contributed by atoms with Gasteiger partial charge in [-0.05, 0) is 36.1 Å². The van der Waals surface area contributed by atoms with E-state index in [-0.39, 0.29) is 24.2 Å². The summed E-state index contributed by atoms with van der Waals surface area (Å²) in [6.45, 7) is 0.950. The van der Waals surface area contributed by atoms with Crippen LogP contribution in [0.4, 0.5) is 13.2 Å². The summed E-state index contributed by atoms with van der Waals surface area (Å²) in [5.41, 5.74) is 2.32. The molecule has 0 spiro atoms. The quantitative estimate of drug-likeness (QED) is 0.848. The lowest BCUT2D eigenvalue weighted by Gasteiger charge is -2.23. The van der Waals surface area contributed by atoms with Crippen molar-refractivity contribution in [2.24, 2.45) is 0 Å². The van der Waals surface area contributed by atoms with Crippen LogP contribution in [0.5, 0.6) is 0 Å². The first-order valence-electron chi connectivity index (χ1n) is 7.40. The predicted molar refractivity (Wildman–Crippen MR) is 76.1 cm³/mol. The van der Waals surface area contributed by atoms with E-state index in [4.69, 9.17) is 4.74 Å². The van der Waals surface area contributed by atoms with E-state index in [1.807, 2.05) is 6.08 Å². The van der Waals surface area contributed by atoms with Crippen LogP contribution < -0.4 is 5.32 Å². The number of ether oxygens (including phenoxy) is 2. The maximum absolute atomic E-state index is 12.2. The monoisotopic (exact) mass is 327 g/mol. The molecule has 1 fully saturated rings. The number of hydrogen-bond donors (Lipinski definition) is 1. The van der Waals surface area contributed by atoms with Gasteiger partial charge in [0.15, 0.2) is 0 Å². The molecule has 3 rings (SSSR count). The van der Waals surface area contributed by atoms with Crippen LogP contribution in [0, 0.1) is 0 Å². The molecular formula is C16H16F3NO3. The van der Waals surface area contributed by atoms with Gasteiger partial charge in [0, 0.05) is 18.5 Å². The second-order valence-corrected chi connectivity index (χ2v) is 5.48. The second kappa shape index (κ2) is 6.23. The van der Waals surface area contributed by atoms with E-state index in [0.29, 0.717) is 31.6 Å². The fraction of sp³-hybridized carbons (Fsp3) is 0.438. The number of fused-ring (bicyclic) bond motifs is 1. The molecule has 124 valence electrons. The summed E-state index contributed by atoms with van der Waals surface area (Å²) < 4.78 is 46.1. The Morgan fingerprint density at radius 1 is 1.26 bits per heavy atom. The SMILES string of the molecule is O=C1NCCOC2CC=C(C3=CC=C(OC(F)(F)F)CC3)C=C12. The predicted octanol–water partition coefficient (Wildman–Crippen LogP) is 2.90. The van der Waals surface area contributed by atoms with Crippen molar-refractivity contribution in [1.29, 1.82) is 0 Å². The molecule has 1 atom stereocenters. The fourth-order valence-corrected chi connectivity index (χ4v) is 2.83. The molecule has 1 saturated heterocycles. The maximum Gasteiger partial charge on any atom is 0.572 e. The van der Waals surface area contributed by atoms with Crippen molar-refractivity contribution in [1.82, 2.24) is 5.32 Å². The van der Waals surface area contributed by atoms with Crippen LogP contribution in [0.3, 0.4) is 0 Å². The van der Waals surface area contributed by atoms with Gasteiger partial charge in [0.2, 0.25) is 5.91 Å². The highest BCUT2D eigenvalue weighted by Gasteiger charge is 2.33.